The first kappa shape index (κ1) is 24.7. The highest BCUT2D eigenvalue weighted by Gasteiger charge is 2.26. The fourth-order valence-corrected chi connectivity index (χ4v) is 2.90. The Balaban J connectivity index is 1.94. The second-order valence-corrected chi connectivity index (χ2v) is 7.86. The van der Waals surface area contributed by atoms with Gasteiger partial charge < -0.3 is 14.8 Å². The van der Waals surface area contributed by atoms with Crippen LogP contribution in [0.15, 0.2) is 42.5 Å². The monoisotopic (exact) mass is 441 g/mol. The van der Waals surface area contributed by atoms with Crippen LogP contribution in [0.3, 0.4) is 0 Å². The lowest BCUT2D eigenvalue weighted by Crippen LogP contribution is -2.56. The van der Waals surface area contributed by atoms with Gasteiger partial charge in [-0.25, -0.2) is 0 Å². The average molecular weight is 442 g/mol. The van der Waals surface area contributed by atoms with Crippen molar-refractivity contribution in [1.82, 2.24) is 16.2 Å². The number of rotatable bonds is 8. The summed E-state index contributed by atoms with van der Waals surface area (Å²) in [6.45, 7) is 9.06. The molecule has 0 spiro atoms. The summed E-state index contributed by atoms with van der Waals surface area (Å²) in [7, 11) is 1.54. The molecule has 0 saturated carbocycles. The Morgan fingerprint density at radius 1 is 0.875 bits per heavy atom. The van der Waals surface area contributed by atoms with Crippen molar-refractivity contribution in [3.05, 3.63) is 59.2 Å². The second-order valence-electron chi connectivity index (χ2n) is 7.86. The summed E-state index contributed by atoms with van der Waals surface area (Å²) in [6, 6.07) is 11.3. The molecular weight excluding hydrogens is 410 g/mol. The van der Waals surface area contributed by atoms with Crippen LogP contribution in [0.2, 0.25) is 0 Å². The fraction of sp³-hybridized carbons (Fsp3) is 0.375. The Morgan fingerprint density at radius 3 is 2.09 bits per heavy atom. The molecule has 0 aliphatic rings. The molecule has 3 N–H and O–H groups in total. The fourth-order valence-electron chi connectivity index (χ4n) is 2.90. The first-order chi connectivity index (χ1) is 15.1. The Labute approximate surface area is 188 Å². The number of benzene rings is 2. The van der Waals surface area contributed by atoms with Crippen LogP contribution in [0.1, 0.15) is 42.3 Å². The van der Waals surface area contributed by atoms with Gasteiger partial charge in [-0.2, -0.15) is 0 Å². The minimum absolute atomic E-state index is 0.210. The third-order valence-corrected chi connectivity index (χ3v) is 5.12. The SMILES string of the molecule is COc1ccc(C(=O)NC(C(=O)NNC(=O)C(C)Oc2cccc(C)c2C)C(C)C)cc1. The number of hydrazine groups is 1. The summed E-state index contributed by atoms with van der Waals surface area (Å²) >= 11 is 0. The maximum Gasteiger partial charge on any atom is 0.279 e. The van der Waals surface area contributed by atoms with Crippen LogP contribution in [-0.2, 0) is 9.59 Å². The first-order valence-electron chi connectivity index (χ1n) is 10.4. The molecule has 3 amide bonds. The number of carbonyl (C=O) groups excluding carboxylic acids is 3. The minimum Gasteiger partial charge on any atom is -0.497 e. The quantitative estimate of drug-likeness (QED) is 0.546. The van der Waals surface area contributed by atoms with E-state index in [2.05, 4.69) is 16.2 Å². The highest BCUT2D eigenvalue weighted by atomic mass is 16.5. The number of nitrogens with one attached hydrogen (secondary N) is 3. The van der Waals surface area contributed by atoms with Gasteiger partial charge in [-0.15, -0.1) is 0 Å². The van der Waals surface area contributed by atoms with Gasteiger partial charge in [0.25, 0.3) is 17.7 Å². The molecule has 0 fully saturated rings. The maximum absolute atomic E-state index is 12.6. The predicted octanol–water partition coefficient (Wildman–Crippen LogP) is 2.68. The second kappa shape index (κ2) is 11.2. The zero-order valence-electron chi connectivity index (χ0n) is 19.3. The van der Waals surface area contributed by atoms with Crippen molar-refractivity contribution in [2.24, 2.45) is 5.92 Å². The van der Waals surface area contributed by atoms with E-state index in [1.165, 1.54) is 7.11 Å². The molecule has 0 aliphatic heterocycles. The van der Waals surface area contributed by atoms with Crippen molar-refractivity contribution in [3.63, 3.8) is 0 Å². The normalized spacial score (nSPS) is 12.5. The van der Waals surface area contributed by atoms with Crippen LogP contribution >= 0.6 is 0 Å². The molecule has 2 aromatic rings. The third kappa shape index (κ3) is 6.47. The Morgan fingerprint density at radius 2 is 1.50 bits per heavy atom. The van der Waals surface area contributed by atoms with Crippen molar-refractivity contribution in [1.29, 1.82) is 0 Å². The molecule has 2 unspecified atom stereocenters. The smallest absolute Gasteiger partial charge is 0.279 e. The molecular formula is C24H31N3O5. The van der Waals surface area contributed by atoms with E-state index in [-0.39, 0.29) is 5.92 Å². The van der Waals surface area contributed by atoms with Gasteiger partial charge in [0, 0.05) is 5.56 Å². The molecule has 8 heteroatoms. The van der Waals surface area contributed by atoms with Gasteiger partial charge in [0.2, 0.25) is 0 Å². The summed E-state index contributed by atoms with van der Waals surface area (Å²) in [5.74, 6) is -0.431. The van der Waals surface area contributed by atoms with Gasteiger partial charge in [-0.05, 0) is 68.1 Å². The van der Waals surface area contributed by atoms with E-state index in [9.17, 15) is 14.4 Å². The number of ether oxygens (including phenoxy) is 2. The maximum atomic E-state index is 12.6. The largest absolute Gasteiger partial charge is 0.497 e. The number of hydrogen-bond donors (Lipinski definition) is 3. The lowest BCUT2D eigenvalue weighted by atomic mass is 10.0. The Bertz CT molecular complexity index is 957. The molecule has 172 valence electrons. The number of carbonyl (C=O) groups is 3. The van der Waals surface area contributed by atoms with E-state index in [0.717, 1.165) is 11.1 Å². The average Bonchev–Trinajstić information content (AvgIpc) is 2.78. The van der Waals surface area contributed by atoms with Crippen molar-refractivity contribution in [2.75, 3.05) is 7.11 Å². The van der Waals surface area contributed by atoms with Crippen molar-refractivity contribution < 1.29 is 23.9 Å². The molecule has 2 aromatic carbocycles. The van der Waals surface area contributed by atoms with Gasteiger partial charge >= 0.3 is 0 Å². The summed E-state index contributed by atoms with van der Waals surface area (Å²) in [6.07, 6.45) is -0.831. The van der Waals surface area contributed by atoms with Gasteiger partial charge in [-0.1, -0.05) is 26.0 Å². The van der Waals surface area contributed by atoms with Crippen LogP contribution in [0, 0.1) is 19.8 Å². The van der Waals surface area contributed by atoms with Crippen LogP contribution in [-0.4, -0.2) is 37.0 Å². The summed E-state index contributed by atoms with van der Waals surface area (Å²) < 4.78 is 10.8. The summed E-state index contributed by atoms with van der Waals surface area (Å²) in [5, 5.41) is 2.70. The number of aryl methyl sites for hydroxylation is 1. The van der Waals surface area contributed by atoms with Gasteiger partial charge in [0.15, 0.2) is 6.10 Å². The van der Waals surface area contributed by atoms with Crippen molar-refractivity contribution >= 4 is 17.7 Å². The third-order valence-electron chi connectivity index (χ3n) is 5.12. The van der Waals surface area contributed by atoms with Crippen LogP contribution in [0.5, 0.6) is 11.5 Å². The van der Waals surface area contributed by atoms with E-state index < -0.39 is 29.9 Å². The molecule has 2 rings (SSSR count). The van der Waals surface area contributed by atoms with Gasteiger partial charge in [0.05, 0.1) is 7.11 Å². The highest BCUT2D eigenvalue weighted by Crippen LogP contribution is 2.21. The number of methoxy groups -OCH3 is 1. The molecule has 0 bridgehead atoms. The van der Waals surface area contributed by atoms with E-state index in [0.29, 0.717) is 17.1 Å². The molecule has 0 saturated heterocycles. The summed E-state index contributed by atoms with van der Waals surface area (Å²) in [4.78, 5) is 37.6. The van der Waals surface area contributed by atoms with E-state index >= 15 is 0 Å². The van der Waals surface area contributed by atoms with Crippen LogP contribution in [0.4, 0.5) is 0 Å². The molecule has 2 atom stereocenters. The van der Waals surface area contributed by atoms with Gasteiger partial charge in [0.1, 0.15) is 17.5 Å². The molecule has 32 heavy (non-hydrogen) atoms. The summed E-state index contributed by atoms with van der Waals surface area (Å²) in [5.41, 5.74) is 7.13. The van der Waals surface area contributed by atoms with Gasteiger partial charge in [-0.3, -0.25) is 25.2 Å². The van der Waals surface area contributed by atoms with Crippen LogP contribution < -0.4 is 25.6 Å². The molecule has 0 aromatic heterocycles. The Kier molecular flexibility index (Phi) is 8.63. The zero-order chi connectivity index (χ0) is 23.8. The highest BCUT2D eigenvalue weighted by molar-refractivity contribution is 5.98. The van der Waals surface area contributed by atoms with Crippen molar-refractivity contribution in [3.8, 4) is 11.5 Å². The van der Waals surface area contributed by atoms with E-state index in [4.69, 9.17) is 9.47 Å². The molecule has 0 radical (unpaired) electrons. The molecule has 0 aliphatic carbocycles. The minimum atomic E-state index is -0.847. The molecule has 8 nitrogen and oxygen atoms in total. The van der Waals surface area contributed by atoms with Crippen molar-refractivity contribution in [2.45, 2.75) is 46.8 Å². The number of hydrogen-bond acceptors (Lipinski definition) is 5. The van der Waals surface area contributed by atoms with E-state index in [1.807, 2.05) is 26.0 Å². The predicted molar refractivity (Wildman–Crippen MR) is 121 cm³/mol. The van der Waals surface area contributed by atoms with E-state index in [1.54, 1.807) is 51.1 Å². The lowest BCUT2D eigenvalue weighted by Gasteiger charge is -2.23. The Hall–Kier alpha value is -3.55. The standard InChI is InChI=1S/C24H31N3O5/c1-14(2)21(25-23(29)18-10-12-19(31-6)13-11-18)24(30)27-26-22(28)17(5)32-20-9-7-8-15(3)16(20)4/h7-14,17,21H,1-6H3,(H,25,29)(H,26,28)(H,27,30). The van der Waals surface area contributed by atoms with Crippen LogP contribution in [0.25, 0.3) is 0 Å². The number of amides is 3. The first-order valence-corrected chi connectivity index (χ1v) is 10.4. The lowest BCUT2D eigenvalue weighted by molar-refractivity contribution is -0.133. The topological polar surface area (TPSA) is 106 Å². The molecule has 0 heterocycles. The zero-order valence-corrected chi connectivity index (χ0v) is 19.3.